The minimum Gasteiger partial charge on any atom is -0.494 e. The first-order chi connectivity index (χ1) is 8.26. The quantitative estimate of drug-likeness (QED) is 0.847. The minimum absolute atomic E-state index is 0.0831. The lowest BCUT2D eigenvalue weighted by atomic mass is 9.98. The highest BCUT2D eigenvalue weighted by molar-refractivity contribution is 5.96. The topological polar surface area (TPSA) is 55.6 Å². The van der Waals surface area contributed by atoms with Crippen molar-refractivity contribution in [2.45, 2.75) is 13.3 Å². The second-order valence-corrected chi connectivity index (χ2v) is 4.08. The molecule has 4 nitrogen and oxygen atoms in total. The number of benzene rings is 1. The van der Waals surface area contributed by atoms with Gasteiger partial charge in [-0.25, -0.2) is 0 Å². The van der Waals surface area contributed by atoms with Crippen molar-refractivity contribution in [1.82, 2.24) is 4.90 Å². The normalized spacial score (nSPS) is 14.7. The van der Waals surface area contributed by atoms with Crippen molar-refractivity contribution in [1.29, 1.82) is 0 Å². The Bertz CT molecular complexity index is 418. The molecule has 0 fully saturated rings. The highest BCUT2D eigenvalue weighted by atomic mass is 16.5. The van der Waals surface area contributed by atoms with Crippen molar-refractivity contribution in [3.05, 3.63) is 29.3 Å². The van der Waals surface area contributed by atoms with Crippen molar-refractivity contribution in [3.63, 3.8) is 0 Å². The van der Waals surface area contributed by atoms with Crippen molar-refractivity contribution in [2.75, 3.05) is 26.2 Å². The average Bonchev–Trinajstić information content (AvgIpc) is 2.33. The average molecular weight is 234 g/mol. The van der Waals surface area contributed by atoms with Crippen LogP contribution < -0.4 is 10.5 Å². The summed E-state index contributed by atoms with van der Waals surface area (Å²) in [6.45, 7) is 4.49. The maximum atomic E-state index is 12.1. The number of amides is 1. The van der Waals surface area contributed by atoms with Crippen LogP contribution in [0.15, 0.2) is 18.2 Å². The van der Waals surface area contributed by atoms with E-state index in [9.17, 15) is 4.79 Å². The largest absolute Gasteiger partial charge is 0.494 e. The summed E-state index contributed by atoms with van der Waals surface area (Å²) < 4.78 is 5.44. The van der Waals surface area contributed by atoms with E-state index in [0.29, 0.717) is 19.7 Å². The SMILES string of the molecule is CCOc1ccc2c(c1)CCN(CCN)C2=O. The van der Waals surface area contributed by atoms with Crippen LogP contribution >= 0.6 is 0 Å². The zero-order valence-electron chi connectivity index (χ0n) is 10.1. The standard InChI is InChI=1S/C13H18N2O2/c1-2-17-11-3-4-12-10(9-11)5-7-15(8-6-14)13(12)16/h3-4,9H,2,5-8,14H2,1H3. The van der Waals surface area contributed by atoms with E-state index in [4.69, 9.17) is 10.5 Å². The molecule has 0 spiro atoms. The van der Waals surface area contributed by atoms with Gasteiger partial charge in [0.1, 0.15) is 5.75 Å². The van der Waals surface area contributed by atoms with E-state index < -0.39 is 0 Å². The molecule has 92 valence electrons. The highest BCUT2D eigenvalue weighted by Crippen LogP contribution is 2.23. The summed E-state index contributed by atoms with van der Waals surface area (Å²) in [6.07, 6.45) is 0.877. The Labute approximate surface area is 101 Å². The third-order valence-electron chi connectivity index (χ3n) is 2.96. The molecule has 1 aliphatic heterocycles. The van der Waals surface area contributed by atoms with Crippen molar-refractivity contribution >= 4 is 5.91 Å². The lowest BCUT2D eigenvalue weighted by Gasteiger charge is -2.28. The van der Waals surface area contributed by atoms with E-state index >= 15 is 0 Å². The van der Waals surface area contributed by atoms with Crippen LogP contribution in [0, 0.1) is 0 Å². The summed E-state index contributed by atoms with van der Waals surface area (Å²) in [4.78, 5) is 13.9. The number of ether oxygens (including phenoxy) is 1. The first kappa shape index (κ1) is 11.9. The lowest BCUT2D eigenvalue weighted by Crippen LogP contribution is -2.40. The molecule has 0 saturated carbocycles. The smallest absolute Gasteiger partial charge is 0.254 e. The number of carbonyl (C=O) groups is 1. The van der Waals surface area contributed by atoms with Gasteiger partial charge in [0, 0.05) is 25.2 Å². The Kier molecular flexibility index (Phi) is 3.64. The zero-order valence-corrected chi connectivity index (χ0v) is 10.1. The third kappa shape index (κ3) is 2.42. The molecule has 2 N–H and O–H groups in total. The van der Waals surface area contributed by atoms with Gasteiger partial charge in [0.25, 0.3) is 5.91 Å². The van der Waals surface area contributed by atoms with Gasteiger partial charge in [-0.15, -0.1) is 0 Å². The van der Waals surface area contributed by atoms with E-state index in [1.165, 1.54) is 0 Å². The molecule has 0 aliphatic carbocycles. The number of hydrogen-bond acceptors (Lipinski definition) is 3. The molecule has 0 aromatic heterocycles. The summed E-state index contributed by atoms with van der Waals surface area (Å²) in [5, 5.41) is 0. The molecule has 17 heavy (non-hydrogen) atoms. The summed E-state index contributed by atoms with van der Waals surface area (Å²) in [7, 11) is 0. The van der Waals surface area contributed by atoms with Crippen LogP contribution in [0.5, 0.6) is 5.75 Å². The predicted octanol–water partition coefficient (Wildman–Crippen LogP) is 1.04. The van der Waals surface area contributed by atoms with Crippen LogP contribution in [-0.2, 0) is 6.42 Å². The third-order valence-corrected chi connectivity index (χ3v) is 2.96. The summed E-state index contributed by atoms with van der Waals surface area (Å²) in [5.41, 5.74) is 7.35. The first-order valence-corrected chi connectivity index (χ1v) is 6.01. The molecule has 1 amide bonds. The second kappa shape index (κ2) is 5.19. The molecular formula is C13H18N2O2. The Morgan fingerprint density at radius 3 is 3.00 bits per heavy atom. The van der Waals surface area contributed by atoms with Gasteiger partial charge in [-0.3, -0.25) is 4.79 Å². The Morgan fingerprint density at radius 1 is 1.47 bits per heavy atom. The van der Waals surface area contributed by atoms with Crippen LogP contribution in [0.4, 0.5) is 0 Å². The molecule has 0 saturated heterocycles. The molecule has 2 rings (SSSR count). The predicted molar refractivity (Wildman–Crippen MR) is 66.3 cm³/mol. The van der Waals surface area contributed by atoms with Gasteiger partial charge in [-0.2, -0.15) is 0 Å². The number of nitrogens with two attached hydrogens (primary N) is 1. The summed E-state index contributed by atoms with van der Waals surface area (Å²) >= 11 is 0. The fourth-order valence-corrected chi connectivity index (χ4v) is 2.14. The zero-order chi connectivity index (χ0) is 12.3. The molecule has 0 radical (unpaired) electrons. The molecule has 4 heteroatoms. The van der Waals surface area contributed by atoms with E-state index in [1.54, 1.807) is 0 Å². The maximum absolute atomic E-state index is 12.1. The Morgan fingerprint density at radius 2 is 2.29 bits per heavy atom. The molecule has 1 aromatic carbocycles. The number of hydrogen-bond donors (Lipinski definition) is 1. The van der Waals surface area contributed by atoms with Crippen molar-refractivity contribution < 1.29 is 9.53 Å². The monoisotopic (exact) mass is 234 g/mol. The fraction of sp³-hybridized carbons (Fsp3) is 0.462. The van der Waals surface area contributed by atoms with Gasteiger partial charge in [-0.1, -0.05) is 0 Å². The Balaban J connectivity index is 2.23. The lowest BCUT2D eigenvalue weighted by molar-refractivity contribution is 0.0744. The Hall–Kier alpha value is -1.55. The minimum atomic E-state index is 0.0831. The molecule has 0 atom stereocenters. The van der Waals surface area contributed by atoms with Gasteiger partial charge in [0.05, 0.1) is 6.61 Å². The van der Waals surface area contributed by atoms with E-state index in [2.05, 4.69) is 0 Å². The van der Waals surface area contributed by atoms with Crippen molar-refractivity contribution in [3.8, 4) is 5.75 Å². The second-order valence-electron chi connectivity index (χ2n) is 4.08. The fourth-order valence-electron chi connectivity index (χ4n) is 2.14. The number of rotatable bonds is 4. The number of carbonyl (C=O) groups excluding carboxylic acids is 1. The molecule has 0 bridgehead atoms. The molecule has 1 heterocycles. The van der Waals surface area contributed by atoms with Gasteiger partial charge >= 0.3 is 0 Å². The molecule has 0 unspecified atom stereocenters. The summed E-state index contributed by atoms with van der Waals surface area (Å²) in [5.74, 6) is 0.922. The van der Waals surface area contributed by atoms with Crippen LogP contribution in [0.25, 0.3) is 0 Å². The molecule has 1 aliphatic rings. The summed E-state index contributed by atoms with van der Waals surface area (Å²) in [6, 6.07) is 5.67. The van der Waals surface area contributed by atoms with Crippen LogP contribution in [0.2, 0.25) is 0 Å². The number of nitrogens with zero attached hydrogens (tertiary/aromatic N) is 1. The van der Waals surface area contributed by atoms with E-state index in [-0.39, 0.29) is 5.91 Å². The van der Waals surface area contributed by atoms with Crippen LogP contribution in [0.3, 0.4) is 0 Å². The van der Waals surface area contributed by atoms with Crippen LogP contribution in [-0.4, -0.2) is 37.0 Å². The van der Waals surface area contributed by atoms with Crippen LogP contribution in [0.1, 0.15) is 22.8 Å². The van der Waals surface area contributed by atoms with Crippen molar-refractivity contribution in [2.24, 2.45) is 5.73 Å². The molecule has 1 aromatic rings. The van der Waals surface area contributed by atoms with Gasteiger partial charge in [-0.05, 0) is 37.1 Å². The van der Waals surface area contributed by atoms with Gasteiger partial charge < -0.3 is 15.4 Å². The number of fused-ring (bicyclic) bond motifs is 1. The first-order valence-electron chi connectivity index (χ1n) is 6.01. The van der Waals surface area contributed by atoms with Gasteiger partial charge in [0.2, 0.25) is 0 Å². The molecular weight excluding hydrogens is 216 g/mol. The van der Waals surface area contributed by atoms with E-state index in [1.807, 2.05) is 30.0 Å². The maximum Gasteiger partial charge on any atom is 0.254 e. The van der Waals surface area contributed by atoms with E-state index in [0.717, 1.165) is 29.8 Å². The highest BCUT2D eigenvalue weighted by Gasteiger charge is 2.23. The van der Waals surface area contributed by atoms with Gasteiger partial charge in [0.15, 0.2) is 0 Å².